The summed E-state index contributed by atoms with van der Waals surface area (Å²) in [6.07, 6.45) is 4.00. The average Bonchev–Trinajstić information content (AvgIpc) is 2.70. The maximum atomic E-state index is 12.8. The zero-order valence-corrected chi connectivity index (χ0v) is 18.7. The maximum absolute atomic E-state index is 12.8. The van der Waals surface area contributed by atoms with Gasteiger partial charge in [0, 0.05) is 0 Å². The van der Waals surface area contributed by atoms with E-state index in [0.717, 1.165) is 11.1 Å². The number of benzene rings is 2. The largest absolute Gasteiger partial charge is 0.373 e. The van der Waals surface area contributed by atoms with Gasteiger partial charge < -0.3 is 14.2 Å². The van der Waals surface area contributed by atoms with Gasteiger partial charge in [-0.2, -0.15) is 0 Å². The molecule has 1 fully saturated rings. The van der Waals surface area contributed by atoms with Crippen molar-refractivity contribution in [2.75, 3.05) is 38.2 Å². The Morgan fingerprint density at radius 3 is 2.21 bits per heavy atom. The number of sulfonamides is 1. The van der Waals surface area contributed by atoms with Crippen LogP contribution in [0.15, 0.2) is 65.6 Å². The molecule has 3 rings (SSSR count). The van der Waals surface area contributed by atoms with Crippen molar-refractivity contribution in [2.24, 2.45) is 0 Å². The zero-order chi connectivity index (χ0) is 21.2. The van der Waals surface area contributed by atoms with Crippen molar-refractivity contribution in [3.63, 3.8) is 0 Å². The first-order valence-corrected chi connectivity index (χ1v) is 11.8. The molecule has 158 valence electrons. The lowest BCUT2D eigenvalue weighted by Crippen LogP contribution is -2.52. The van der Waals surface area contributed by atoms with Gasteiger partial charge in [-0.1, -0.05) is 54.1 Å². The van der Waals surface area contributed by atoms with Gasteiger partial charge in [0.05, 0.1) is 43.1 Å². The van der Waals surface area contributed by atoms with Gasteiger partial charge >= 0.3 is 0 Å². The van der Waals surface area contributed by atoms with Crippen LogP contribution in [-0.2, 0) is 14.8 Å². The number of ether oxygens (including phenoxy) is 1. The highest BCUT2D eigenvalue weighted by Crippen LogP contribution is 2.27. The number of aryl methyl sites for hydroxylation is 1. The number of alkyl halides is 2. The van der Waals surface area contributed by atoms with Gasteiger partial charge in [0.1, 0.15) is 10.0 Å². The van der Waals surface area contributed by atoms with Crippen molar-refractivity contribution in [3.05, 3.63) is 76.6 Å². The highest BCUT2D eigenvalue weighted by Gasteiger charge is 2.26. The Kier molecular flexibility index (Phi) is 9.62. The molecule has 1 saturated heterocycles. The van der Waals surface area contributed by atoms with Gasteiger partial charge in [-0.25, -0.2) is 8.42 Å². The lowest BCUT2D eigenvalue weighted by atomic mass is 10.2. The third-order valence-corrected chi connectivity index (χ3v) is 5.89. The number of rotatable bonds is 6. The van der Waals surface area contributed by atoms with Crippen LogP contribution in [0.3, 0.4) is 0 Å². The molecule has 0 atom stereocenters. The Hall–Kier alpha value is -1.41. The molecule has 1 aliphatic heterocycles. The number of hydrogen-bond donors (Lipinski definition) is 0. The second-order valence-corrected chi connectivity index (χ2v) is 9.01. The third kappa shape index (κ3) is 7.74. The van der Waals surface area contributed by atoms with Crippen LogP contribution in [0.1, 0.15) is 11.1 Å². The molecule has 1 heterocycles. The summed E-state index contributed by atoms with van der Waals surface area (Å²) in [5.74, 6) is 0. The van der Waals surface area contributed by atoms with E-state index < -0.39 is 10.0 Å². The summed E-state index contributed by atoms with van der Waals surface area (Å²) in [6.45, 7) is 4.55. The minimum absolute atomic E-state index is 0.138. The highest BCUT2D eigenvalue weighted by molar-refractivity contribution is 7.93. The number of quaternary nitrogens is 1. The molecule has 0 spiro atoms. The summed E-state index contributed by atoms with van der Waals surface area (Å²) in [7, 11) is -3.72. The molecular formula is C21H26Cl2N2O3S. The number of morpholine rings is 1. The molecule has 8 heteroatoms. The van der Waals surface area contributed by atoms with Crippen LogP contribution >= 0.6 is 23.2 Å². The van der Waals surface area contributed by atoms with Crippen molar-refractivity contribution >= 4 is 39.3 Å². The predicted octanol–water partition coefficient (Wildman–Crippen LogP) is 4.95. The summed E-state index contributed by atoms with van der Waals surface area (Å²) in [6, 6.07) is 16.8. The molecule has 0 N–H and O–H groups in total. The van der Waals surface area contributed by atoms with Gasteiger partial charge in [0.2, 0.25) is 0 Å². The van der Waals surface area contributed by atoms with Gasteiger partial charge in [-0.15, -0.1) is 23.2 Å². The molecule has 0 saturated carbocycles. The maximum Gasteiger partial charge on any atom is 0.142 e. The van der Waals surface area contributed by atoms with Crippen molar-refractivity contribution in [1.29, 1.82) is 0 Å². The first kappa shape index (κ1) is 23.9. The molecule has 5 nitrogen and oxygen atoms in total. The summed E-state index contributed by atoms with van der Waals surface area (Å²) < 4.78 is 31.2. The minimum Gasteiger partial charge on any atom is -0.373 e. The monoisotopic (exact) mass is 456 g/mol. The molecular weight excluding hydrogens is 431 g/mol. The van der Waals surface area contributed by atoms with Crippen LogP contribution in [-0.4, -0.2) is 51.2 Å². The quantitative estimate of drug-likeness (QED) is 0.456. The first-order chi connectivity index (χ1) is 13.9. The van der Waals surface area contributed by atoms with E-state index in [1.165, 1.54) is 0 Å². The van der Waals surface area contributed by atoms with Gasteiger partial charge in [0.15, 0.2) is 0 Å². The standard InChI is InChI=1S/C20H24N2O3S.CH2Cl2/c1-18-9-11-20(12-10-18)26(23,24)21-22(14-16-25-17-15-22)13-5-8-19-6-3-2-4-7-19;2-1-3/h2-12H,13-17H2,1H3;1H2/b8-5+;. The normalized spacial score (nSPS) is 16.2. The Morgan fingerprint density at radius 1 is 1.03 bits per heavy atom. The highest BCUT2D eigenvalue weighted by atomic mass is 35.5. The van der Waals surface area contributed by atoms with Crippen molar-refractivity contribution < 1.29 is 17.7 Å². The molecule has 0 radical (unpaired) electrons. The molecule has 1 aliphatic rings. The van der Waals surface area contributed by atoms with Crippen molar-refractivity contribution in [3.8, 4) is 0 Å². The van der Waals surface area contributed by atoms with Crippen molar-refractivity contribution in [1.82, 2.24) is 0 Å². The Labute approximate surface area is 183 Å². The van der Waals surface area contributed by atoms with Crippen LogP contribution in [0, 0.1) is 6.92 Å². The van der Waals surface area contributed by atoms with Crippen molar-refractivity contribution in [2.45, 2.75) is 11.8 Å². The van der Waals surface area contributed by atoms with Crippen LogP contribution < -0.4 is 0 Å². The van der Waals surface area contributed by atoms with Gasteiger partial charge in [-0.05, 0) is 30.7 Å². The van der Waals surface area contributed by atoms with E-state index in [-0.39, 0.29) is 14.8 Å². The minimum atomic E-state index is -3.72. The topological polar surface area (TPSA) is 57.5 Å². The van der Waals surface area contributed by atoms with E-state index in [4.69, 9.17) is 27.9 Å². The van der Waals surface area contributed by atoms with Crippen LogP contribution in [0.2, 0.25) is 0 Å². The number of nitrogens with zero attached hydrogens (tertiary/aromatic N) is 2. The molecule has 0 aromatic heterocycles. The number of hydrogen-bond acceptors (Lipinski definition) is 3. The van der Waals surface area contributed by atoms with E-state index in [1.54, 1.807) is 24.3 Å². The Bertz CT molecular complexity index is 867. The molecule has 0 bridgehead atoms. The molecule has 0 aliphatic carbocycles. The Morgan fingerprint density at radius 2 is 1.62 bits per heavy atom. The smallest absolute Gasteiger partial charge is 0.142 e. The van der Waals surface area contributed by atoms with E-state index >= 15 is 0 Å². The molecule has 2 aromatic rings. The summed E-state index contributed by atoms with van der Waals surface area (Å²) in [4.78, 5) is 4.54. The lowest BCUT2D eigenvalue weighted by Gasteiger charge is -2.49. The SMILES string of the molecule is Cc1ccc(S(=O)(=O)[N-][N+]2(C/C=C/c3ccccc3)CCOCC2)cc1.ClCCl. The van der Waals surface area contributed by atoms with E-state index in [2.05, 4.69) is 4.83 Å². The van der Waals surface area contributed by atoms with Gasteiger partial charge in [0.25, 0.3) is 0 Å². The second-order valence-electron chi connectivity index (χ2n) is 6.62. The molecule has 29 heavy (non-hydrogen) atoms. The number of halogens is 2. The van der Waals surface area contributed by atoms with E-state index in [0.29, 0.717) is 32.8 Å². The first-order valence-electron chi connectivity index (χ1n) is 9.24. The van der Waals surface area contributed by atoms with E-state index in [1.807, 2.05) is 49.4 Å². The average molecular weight is 457 g/mol. The fourth-order valence-corrected chi connectivity index (χ4v) is 4.18. The zero-order valence-electron chi connectivity index (χ0n) is 16.4. The second kappa shape index (κ2) is 11.7. The van der Waals surface area contributed by atoms with Gasteiger partial charge in [-0.3, -0.25) is 0 Å². The van der Waals surface area contributed by atoms with E-state index in [9.17, 15) is 8.42 Å². The lowest BCUT2D eigenvalue weighted by molar-refractivity contribution is -0.888. The predicted molar refractivity (Wildman–Crippen MR) is 119 cm³/mol. The molecule has 0 unspecified atom stereocenters. The molecule has 0 amide bonds. The van der Waals surface area contributed by atoms with Crippen LogP contribution in [0.25, 0.3) is 10.9 Å². The van der Waals surface area contributed by atoms with Crippen LogP contribution in [0.4, 0.5) is 0 Å². The molecule has 2 aromatic carbocycles. The third-order valence-electron chi connectivity index (χ3n) is 4.46. The summed E-state index contributed by atoms with van der Waals surface area (Å²) in [5, 5.41) is 0.194. The fourth-order valence-electron chi connectivity index (χ4n) is 2.91. The summed E-state index contributed by atoms with van der Waals surface area (Å²) in [5.41, 5.74) is 2.10. The van der Waals surface area contributed by atoms with Crippen LogP contribution in [0.5, 0.6) is 0 Å². The fraction of sp³-hybridized carbons (Fsp3) is 0.333. The summed E-state index contributed by atoms with van der Waals surface area (Å²) >= 11 is 9.53. The Balaban J connectivity index is 0.000000941.